The minimum absolute atomic E-state index is 0.356. The zero-order valence-electron chi connectivity index (χ0n) is 13.5. The lowest BCUT2D eigenvalue weighted by molar-refractivity contribution is 0.245. The molecule has 0 aromatic heterocycles. The first-order valence-corrected chi connectivity index (χ1v) is 9.08. The molecule has 1 aliphatic heterocycles. The highest BCUT2D eigenvalue weighted by molar-refractivity contribution is 9.10. The molecule has 2 fully saturated rings. The van der Waals surface area contributed by atoms with E-state index in [1.165, 1.54) is 41.4 Å². The summed E-state index contributed by atoms with van der Waals surface area (Å²) in [6, 6.07) is 7.23. The number of hydrogen-bond donors (Lipinski definition) is 1. The predicted molar refractivity (Wildman–Crippen MR) is 94.1 cm³/mol. The SMILES string of the molecule is Cc1cccc(N2CC3(CCCC3)NCC2C(C)C)c1Br. The number of nitrogens with one attached hydrogen (secondary N) is 1. The van der Waals surface area contributed by atoms with Gasteiger partial charge in [0.25, 0.3) is 0 Å². The second kappa shape index (κ2) is 5.92. The molecule has 1 heterocycles. The highest BCUT2D eigenvalue weighted by Gasteiger charge is 2.42. The molecule has 1 aliphatic carbocycles. The molecule has 116 valence electrons. The van der Waals surface area contributed by atoms with E-state index in [4.69, 9.17) is 0 Å². The molecule has 3 heteroatoms. The standard InChI is InChI=1S/C18H27BrN2/c1-13(2)16-11-20-18(9-4-5-10-18)12-21(16)15-8-6-7-14(3)17(15)19/h6-8,13,16,20H,4-5,9-12H2,1-3H3. The van der Waals surface area contributed by atoms with Crippen molar-refractivity contribution in [3.63, 3.8) is 0 Å². The van der Waals surface area contributed by atoms with Gasteiger partial charge in [0.2, 0.25) is 0 Å². The first-order chi connectivity index (χ1) is 10.0. The Morgan fingerprint density at radius 3 is 2.67 bits per heavy atom. The van der Waals surface area contributed by atoms with Gasteiger partial charge in [-0.15, -0.1) is 0 Å². The summed E-state index contributed by atoms with van der Waals surface area (Å²) in [7, 11) is 0. The summed E-state index contributed by atoms with van der Waals surface area (Å²) in [4.78, 5) is 2.67. The molecule has 1 N–H and O–H groups in total. The first-order valence-electron chi connectivity index (χ1n) is 8.29. The second-order valence-electron chi connectivity index (χ2n) is 7.22. The van der Waals surface area contributed by atoms with Crippen LogP contribution in [0, 0.1) is 12.8 Å². The van der Waals surface area contributed by atoms with Crippen LogP contribution in [0.3, 0.4) is 0 Å². The molecule has 1 unspecified atom stereocenters. The van der Waals surface area contributed by atoms with Crippen LogP contribution in [-0.4, -0.2) is 24.7 Å². The number of rotatable bonds is 2. The molecule has 21 heavy (non-hydrogen) atoms. The van der Waals surface area contributed by atoms with E-state index in [-0.39, 0.29) is 0 Å². The van der Waals surface area contributed by atoms with Crippen LogP contribution < -0.4 is 10.2 Å². The second-order valence-corrected chi connectivity index (χ2v) is 8.01. The molecular weight excluding hydrogens is 324 g/mol. The Labute approximate surface area is 137 Å². The van der Waals surface area contributed by atoms with Gasteiger partial charge < -0.3 is 10.2 Å². The summed E-state index contributed by atoms with van der Waals surface area (Å²) < 4.78 is 1.27. The molecule has 1 spiro atoms. The van der Waals surface area contributed by atoms with Crippen LogP contribution in [0.5, 0.6) is 0 Å². The van der Waals surface area contributed by atoms with E-state index in [1.807, 2.05) is 0 Å². The topological polar surface area (TPSA) is 15.3 Å². The van der Waals surface area contributed by atoms with Crippen LogP contribution in [0.15, 0.2) is 22.7 Å². The fourth-order valence-corrected chi connectivity index (χ4v) is 4.52. The number of nitrogens with zero attached hydrogens (tertiary/aromatic N) is 1. The molecule has 1 saturated heterocycles. The van der Waals surface area contributed by atoms with E-state index >= 15 is 0 Å². The van der Waals surface area contributed by atoms with Crippen molar-refractivity contribution in [2.75, 3.05) is 18.0 Å². The average Bonchev–Trinajstić information content (AvgIpc) is 2.89. The molecule has 3 rings (SSSR count). The lowest BCUT2D eigenvalue weighted by Crippen LogP contribution is -2.64. The van der Waals surface area contributed by atoms with Gasteiger partial charge in [-0.05, 0) is 53.2 Å². The van der Waals surface area contributed by atoms with E-state index in [0.717, 1.165) is 13.1 Å². The maximum Gasteiger partial charge on any atom is 0.0517 e. The number of hydrogen-bond acceptors (Lipinski definition) is 2. The van der Waals surface area contributed by atoms with Gasteiger partial charge in [0.05, 0.1) is 5.69 Å². The molecule has 2 aliphatic rings. The molecule has 0 radical (unpaired) electrons. The third-order valence-corrected chi connectivity index (χ3v) is 6.40. The van der Waals surface area contributed by atoms with E-state index in [2.05, 4.69) is 65.1 Å². The van der Waals surface area contributed by atoms with E-state index in [1.54, 1.807) is 0 Å². The van der Waals surface area contributed by atoms with Crippen LogP contribution in [0.25, 0.3) is 0 Å². The molecule has 0 bridgehead atoms. The lowest BCUT2D eigenvalue weighted by Gasteiger charge is -2.49. The average molecular weight is 351 g/mol. The quantitative estimate of drug-likeness (QED) is 0.844. The van der Waals surface area contributed by atoms with Crippen molar-refractivity contribution in [3.8, 4) is 0 Å². The van der Waals surface area contributed by atoms with Gasteiger partial charge in [0, 0.05) is 29.1 Å². The van der Waals surface area contributed by atoms with Crippen LogP contribution in [0.4, 0.5) is 5.69 Å². The summed E-state index contributed by atoms with van der Waals surface area (Å²) in [5, 5.41) is 3.90. The summed E-state index contributed by atoms with van der Waals surface area (Å²) in [6.07, 6.45) is 5.42. The Bertz CT molecular complexity index is 506. The fraction of sp³-hybridized carbons (Fsp3) is 0.667. The number of benzene rings is 1. The predicted octanol–water partition coefficient (Wildman–Crippen LogP) is 4.50. The molecule has 1 saturated carbocycles. The van der Waals surface area contributed by atoms with E-state index in [0.29, 0.717) is 17.5 Å². The van der Waals surface area contributed by atoms with Crippen molar-refractivity contribution in [3.05, 3.63) is 28.2 Å². The highest BCUT2D eigenvalue weighted by atomic mass is 79.9. The number of halogens is 1. The van der Waals surface area contributed by atoms with Gasteiger partial charge >= 0.3 is 0 Å². The van der Waals surface area contributed by atoms with Gasteiger partial charge in [-0.25, -0.2) is 0 Å². The number of piperazine rings is 1. The zero-order valence-corrected chi connectivity index (χ0v) is 15.0. The molecule has 2 nitrogen and oxygen atoms in total. The van der Waals surface area contributed by atoms with Gasteiger partial charge in [0.15, 0.2) is 0 Å². The van der Waals surface area contributed by atoms with Gasteiger partial charge in [-0.3, -0.25) is 0 Å². The maximum atomic E-state index is 3.90. The van der Waals surface area contributed by atoms with Crippen molar-refractivity contribution in [2.45, 2.75) is 58.0 Å². The van der Waals surface area contributed by atoms with Gasteiger partial charge in [0.1, 0.15) is 0 Å². The smallest absolute Gasteiger partial charge is 0.0517 e. The summed E-state index contributed by atoms with van der Waals surface area (Å²) in [6.45, 7) is 9.13. The zero-order chi connectivity index (χ0) is 15.0. The largest absolute Gasteiger partial charge is 0.364 e. The minimum Gasteiger partial charge on any atom is -0.364 e. The van der Waals surface area contributed by atoms with Crippen molar-refractivity contribution in [1.29, 1.82) is 0 Å². The van der Waals surface area contributed by atoms with Crippen LogP contribution in [-0.2, 0) is 0 Å². The van der Waals surface area contributed by atoms with E-state index < -0.39 is 0 Å². The van der Waals surface area contributed by atoms with Gasteiger partial charge in [-0.1, -0.05) is 38.8 Å². The Morgan fingerprint density at radius 2 is 2.00 bits per heavy atom. The highest BCUT2D eigenvalue weighted by Crippen LogP contribution is 2.39. The fourth-order valence-electron chi connectivity index (χ4n) is 4.03. The third-order valence-electron chi connectivity index (χ3n) is 5.37. The molecule has 0 amide bonds. The molecule has 1 aromatic carbocycles. The van der Waals surface area contributed by atoms with Crippen molar-refractivity contribution in [1.82, 2.24) is 5.32 Å². The summed E-state index contributed by atoms with van der Waals surface area (Å²) in [5.74, 6) is 0.656. The van der Waals surface area contributed by atoms with Crippen LogP contribution in [0.1, 0.15) is 45.1 Å². The Hall–Kier alpha value is -0.540. The summed E-state index contributed by atoms with van der Waals surface area (Å²) >= 11 is 3.83. The number of aryl methyl sites for hydroxylation is 1. The first kappa shape index (κ1) is 15.4. The Kier molecular flexibility index (Phi) is 4.33. The monoisotopic (exact) mass is 350 g/mol. The Balaban J connectivity index is 1.95. The molecule has 1 aromatic rings. The number of anilines is 1. The normalized spacial score (nSPS) is 25.0. The van der Waals surface area contributed by atoms with Gasteiger partial charge in [-0.2, -0.15) is 0 Å². The van der Waals surface area contributed by atoms with E-state index in [9.17, 15) is 0 Å². The minimum atomic E-state index is 0.356. The maximum absolute atomic E-state index is 3.90. The molecular formula is C18H27BrN2. The lowest BCUT2D eigenvalue weighted by atomic mass is 9.88. The third kappa shape index (κ3) is 2.87. The van der Waals surface area contributed by atoms with Crippen molar-refractivity contribution >= 4 is 21.6 Å². The van der Waals surface area contributed by atoms with Crippen molar-refractivity contribution < 1.29 is 0 Å². The summed E-state index contributed by atoms with van der Waals surface area (Å²) in [5.41, 5.74) is 3.06. The van der Waals surface area contributed by atoms with Crippen LogP contribution >= 0.6 is 15.9 Å². The van der Waals surface area contributed by atoms with Crippen molar-refractivity contribution in [2.24, 2.45) is 5.92 Å². The Morgan fingerprint density at radius 1 is 1.29 bits per heavy atom. The molecule has 1 atom stereocenters. The van der Waals surface area contributed by atoms with Crippen LogP contribution in [0.2, 0.25) is 0 Å².